The fraction of sp³-hybridized carbons (Fsp3) is 0.400. The number of aromatic amines is 1. The summed E-state index contributed by atoms with van der Waals surface area (Å²) in [5.41, 5.74) is 8.66. The first kappa shape index (κ1) is 31.6. The molecule has 0 spiro atoms. The Kier molecular flexibility index (Phi) is 11.1. The van der Waals surface area contributed by atoms with Gasteiger partial charge in [-0.2, -0.15) is 0 Å². The number of carbonyl (C=O) groups is 2. The number of rotatable bonds is 7. The standard InChI is InChI=1S/C30H34F2N4O2.2ClH/c31-22-15-19(16-23(32)17-22)5-10-28(37)36-13-11-21(12-14-36)29(30(33)38)35-24-8-6-20(7-9-24)26-18-34-27-4-2-1-3-25(26)27;;/h1-5,10,15-18,20-21,24,29,34-35H,6-9,11-14H2,(H2,33,38);2*1H/b10-5+;;/t20?,24?,29-;;/m1../s1. The molecule has 2 amide bonds. The zero-order valence-electron chi connectivity index (χ0n) is 22.2. The third-order valence-corrected chi connectivity index (χ3v) is 8.14. The SMILES string of the molecule is Cl.Cl.NC(=O)[C@H](NC1CCC(c2c[nH]c3ccccc23)CC1)C1CCN(C(=O)/C=C/c2cc(F)cc(F)c2)CC1. The first-order chi connectivity index (χ1) is 18.4. The van der Waals surface area contributed by atoms with Crippen molar-refractivity contribution in [3.63, 3.8) is 0 Å². The summed E-state index contributed by atoms with van der Waals surface area (Å²) in [5.74, 6) is -1.37. The molecule has 6 nitrogen and oxygen atoms in total. The average Bonchev–Trinajstić information content (AvgIpc) is 3.34. The molecule has 10 heteroatoms. The summed E-state index contributed by atoms with van der Waals surface area (Å²) < 4.78 is 26.8. The summed E-state index contributed by atoms with van der Waals surface area (Å²) in [6.45, 7) is 1.01. The molecule has 0 unspecified atom stereocenters. The Morgan fingerprint density at radius 3 is 2.27 bits per heavy atom. The number of nitrogens with two attached hydrogens (primary N) is 1. The molecule has 2 aliphatic rings. The molecule has 3 aromatic rings. The van der Waals surface area contributed by atoms with Crippen LogP contribution in [0.1, 0.15) is 55.6 Å². The first-order valence-electron chi connectivity index (χ1n) is 13.4. The molecule has 1 aliphatic heterocycles. The van der Waals surface area contributed by atoms with Crippen molar-refractivity contribution in [3.05, 3.63) is 77.5 Å². The first-order valence-corrected chi connectivity index (χ1v) is 13.4. The van der Waals surface area contributed by atoms with E-state index in [1.807, 2.05) is 6.07 Å². The van der Waals surface area contributed by atoms with E-state index in [1.165, 1.54) is 40.8 Å². The number of fused-ring (bicyclic) bond motifs is 1. The van der Waals surface area contributed by atoms with Gasteiger partial charge in [-0.15, -0.1) is 24.8 Å². The maximum Gasteiger partial charge on any atom is 0.246 e. The van der Waals surface area contributed by atoms with Crippen LogP contribution in [0.4, 0.5) is 8.78 Å². The van der Waals surface area contributed by atoms with E-state index in [0.29, 0.717) is 37.4 Å². The van der Waals surface area contributed by atoms with Gasteiger partial charge in [0.1, 0.15) is 11.6 Å². The van der Waals surface area contributed by atoms with Crippen LogP contribution >= 0.6 is 24.8 Å². The number of halogens is 4. The summed E-state index contributed by atoms with van der Waals surface area (Å²) in [7, 11) is 0. The lowest BCUT2D eigenvalue weighted by Crippen LogP contribution is -2.54. The molecule has 1 aromatic heterocycles. The molecule has 1 saturated heterocycles. The third-order valence-electron chi connectivity index (χ3n) is 8.14. The van der Waals surface area contributed by atoms with E-state index in [4.69, 9.17) is 5.73 Å². The summed E-state index contributed by atoms with van der Waals surface area (Å²) in [6.07, 6.45) is 10.3. The number of carbonyl (C=O) groups excluding carboxylic acids is 2. The molecule has 5 rings (SSSR count). The van der Waals surface area contributed by atoms with E-state index >= 15 is 0 Å². The minimum absolute atomic E-state index is 0. The molecule has 0 bridgehead atoms. The Morgan fingerprint density at radius 1 is 0.975 bits per heavy atom. The fourth-order valence-electron chi connectivity index (χ4n) is 6.10. The van der Waals surface area contributed by atoms with Crippen LogP contribution in [-0.4, -0.2) is 46.9 Å². The van der Waals surface area contributed by atoms with E-state index in [9.17, 15) is 18.4 Å². The smallest absolute Gasteiger partial charge is 0.246 e. The van der Waals surface area contributed by atoms with Crippen LogP contribution in [0.5, 0.6) is 0 Å². The average molecular weight is 594 g/mol. The number of aromatic nitrogens is 1. The number of H-pyrrole nitrogens is 1. The van der Waals surface area contributed by atoms with Gasteiger partial charge < -0.3 is 20.9 Å². The van der Waals surface area contributed by atoms with Crippen molar-refractivity contribution in [2.75, 3.05) is 13.1 Å². The van der Waals surface area contributed by atoms with Gasteiger partial charge in [0.15, 0.2) is 0 Å². The quantitative estimate of drug-likeness (QED) is 0.307. The second kappa shape index (κ2) is 14.1. The van der Waals surface area contributed by atoms with Gasteiger partial charge in [0, 0.05) is 48.4 Å². The molecule has 0 radical (unpaired) electrons. The molecule has 1 atom stereocenters. The second-order valence-electron chi connectivity index (χ2n) is 10.6. The largest absolute Gasteiger partial charge is 0.368 e. The summed E-state index contributed by atoms with van der Waals surface area (Å²) >= 11 is 0. The van der Waals surface area contributed by atoms with Crippen LogP contribution in [0.25, 0.3) is 17.0 Å². The maximum atomic E-state index is 13.4. The number of primary amides is 1. The van der Waals surface area contributed by atoms with E-state index in [1.54, 1.807) is 4.90 Å². The predicted octanol–water partition coefficient (Wildman–Crippen LogP) is 5.71. The lowest BCUT2D eigenvalue weighted by Gasteiger charge is -2.38. The number of likely N-dealkylation sites (tertiary alicyclic amines) is 1. The molecular formula is C30H36Cl2F2N4O2. The number of benzene rings is 2. The van der Waals surface area contributed by atoms with Crippen molar-refractivity contribution in [3.8, 4) is 0 Å². The van der Waals surface area contributed by atoms with Gasteiger partial charge >= 0.3 is 0 Å². The van der Waals surface area contributed by atoms with Crippen molar-refractivity contribution >= 4 is 53.6 Å². The number of hydrogen-bond acceptors (Lipinski definition) is 3. The van der Waals surface area contributed by atoms with Crippen LogP contribution in [-0.2, 0) is 9.59 Å². The normalized spacial score (nSPS) is 20.6. The topological polar surface area (TPSA) is 91.2 Å². The lowest BCUT2D eigenvalue weighted by molar-refractivity contribution is -0.128. The Morgan fingerprint density at radius 2 is 1.62 bits per heavy atom. The van der Waals surface area contributed by atoms with Crippen LogP contribution in [0.3, 0.4) is 0 Å². The van der Waals surface area contributed by atoms with Crippen LogP contribution < -0.4 is 11.1 Å². The van der Waals surface area contributed by atoms with E-state index in [2.05, 4.69) is 34.7 Å². The Bertz CT molecular complexity index is 1310. The number of para-hydroxylation sites is 1. The highest BCUT2D eigenvalue weighted by atomic mass is 35.5. The minimum atomic E-state index is -0.686. The molecule has 2 fully saturated rings. The molecule has 40 heavy (non-hydrogen) atoms. The van der Waals surface area contributed by atoms with Crippen molar-refractivity contribution in [2.24, 2.45) is 11.7 Å². The molecule has 1 aliphatic carbocycles. The Labute approximate surface area is 245 Å². The van der Waals surface area contributed by atoms with Crippen molar-refractivity contribution in [1.29, 1.82) is 0 Å². The van der Waals surface area contributed by atoms with Gasteiger partial charge in [0.2, 0.25) is 11.8 Å². The minimum Gasteiger partial charge on any atom is -0.368 e. The van der Waals surface area contributed by atoms with E-state index in [-0.39, 0.29) is 48.6 Å². The van der Waals surface area contributed by atoms with Gasteiger partial charge in [-0.1, -0.05) is 18.2 Å². The Hall–Kier alpha value is -2.94. The Balaban J connectivity index is 0.00000220. The number of nitrogens with one attached hydrogen (secondary N) is 2. The summed E-state index contributed by atoms with van der Waals surface area (Å²) in [6, 6.07) is 11.4. The number of piperidine rings is 1. The van der Waals surface area contributed by atoms with Crippen LogP contribution in [0.2, 0.25) is 0 Å². The van der Waals surface area contributed by atoms with Gasteiger partial charge in [-0.05, 0) is 85.8 Å². The molecule has 1 saturated carbocycles. The van der Waals surface area contributed by atoms with Crippen molar-refractivity contribution < 1.29 is 18.4 Å². The van der Waals surface area contributed by atoms with Crippen molar-refractivity contribution in [2.45, 2.75) is 56.5 Å². The third kappa shape index (κ3) is 7.42. The zero-order chi connectivity index (χ0) is 26.6. The summed E-state index contributed by atoms with van der Waals surface area (Å²) in [5, 5.41) is 4.85. The van der Waals surface area contributed by atoms with Gasteiger partial charge in [0.05, 0.1) is 6.04 Å². The molecule has 4 N–H and O–H groups in total. The lowest BCUT2D eigenvalue weighted by atomic mass is 9.80. The number of amides is 2. The molecule has 2 aromatic carbocycles. The number of hydrogen-bond donors (Lipinski definition) is 3. The molecule has 216 valence electrons. The van der Waals surface area contributed by atoms with Gasteiger partial charge in [0.25, 0.3) is 0 Å². The maximum absolute atomic E-state index is 13.4. The monoisotopic (exact) mass is 592 g/mol. The molecule has 2 heterocycles. The van der Waals surface area contributed by atoms with Crippen LogP contribution in [0, 0.1) is 17.6 Å². The number of nitrogens with zero attached hydrogens (tertiary/aromatic N) is 1. The highest BCUT2D eigenvalue weighted by molar-refractivity contribution is 5.92. The van der Waals surface area contributed by atoms with Crippen LogP contribution in [0.15, 0.2) is 54.7 Å². The zero-order valence-corrected chi connectivity index (χ0v) is 23.8. The highest BCUT2D eigenvalue weighted by Gasteiger charge is 2.34. The van der Waals surface area contributed by atoms with Crippen molar-refractivity contribution in [1.82, 2.24) is 15.2 Å². The highest BCUT2D eigenvalue weighted by Crippen LogP contribution is 2.37. The van der Waals surface area contributed by atoms with E-state index < -0.39 is 17.7 Å². The summed E-state index contributed by atoms with van der Waals surface area (Å²) in [4.78, 5) is 30.1. The van der Waals surface area contributed by atoms with E-state index in [0.717, 1.165) is 31.7 Å². The van der Waals surface area contributed by atoms with Gasteiger partial charge in [-0.3, -0.25) is 9.59 Å². The predicted molar refractivity (Wildman–Crippen MR) is 159 cm³/mol. The fourth-order valence-corrected chi connectivity index (χ4v) is 6.10. The molecular weight excluding hydrogens is 557 g/mol. The van der Waals surface area contributed by atoms with Gasteiger partial charge in [-0.25, -0.2) is 8.78 Å². The second-order valence-corrected chi connectivity index (χ2v) is 10.6.